The van der Waals surface area contributed by atoms with Crippen molar-refractivity contribution in [3.05, 3.63) is 29.0 Å². The van der Waals surface area contributed by atoms with E-state index in [0.717, 1.165) is 12.0 Å². The minimum absolute atomic E-state index is 0.584. The molecule has 0 aromatic carbocycles. The van der Waals surface area contributed by atoms with Gasteiger partial charge in [-0.1, -0.05) is 17.7 Å². The molecule has 68 valence electrons. The van der Waals surface area contributed by atoms with Crippen LogP contribution in [-0.4, -0.2) is 17.6 Å². The number of fused-ring (bicyclic) bond motifs is 1. The fourth-order valence-electron chi connectivity index (χ4n) is 2.35. The second-order valence-electron chi connectivity index (χ2n) is 3.95. The number of aromatic nitrogens is 1. The summed E-state index contributed by atoms with van der Waals surface area (Å²) in [5.74, 6) is 1.61. The molecule has 1 aliphatic heterocycles. The normalized spacial score (nSPS) is 35.9. The number of halogens is 1. The van der Waals surface area contributed by atoms with Crippen molar-refractivity contribution in [2.45, 2.75) is 18.4 Å². The molecule has 1 aromatic rings. The first-order valence-electron chi connectivity index (χ1n) is 4.69. The smallest absolute Gasteiger partial charge is 0.129 e. The van der Waals surface area contributed by atoms with Gasteiger partial charge in [0.05, 0.1) is 0 Å². The van der Waals surface area contributed by atoms with Crippen LogP contribution in [0.3, 0.4) is 0 Å². The van der Waals surface area contributed by atoms with Gasteiger partial charge in [-0.25, -0.2) is 4.98 Å². The first-order valence-corrected chi connectivity index (χ1v) is 5.07. The van der Waals surface area contributed by atoms with Crippen LogP contribution in [0.4, 0.5) is 0 Å². The minimum atomic E-state index is 0.584. The number of hydrogen-bond donors (Lipinski definition) is 1. The van der Waals surface area contributed by atoms with Crippen LogP contribution in [0.5, 0.6) is 0 Å². The van der Waals surface area contributed by atoms with E-state index in [-0.39, 0.29) is 0 Å². The molecular formula is C10H11ClN2. The molecule has 13 heavy (non-hydrogen) atoms. The van der Waals surface area contributed by atoms with Crippen LogP contribution in [0.25, 0.3) is 0 Å². The summed E-state index contributed by atoms with van der Waals surface area (Å²) in [5.41, 5.74) is 1.33. The van der Waals surface area contributed by atoms with Crippen molar-refractivity contribution < 1.29 is 0 Å². The Morgan fingerprint density at radius 1 is 1.46 bits per heavy atom. The summed E-state index contributed by atoms with van der Waals surface area (Å²) < 4.78 is 0. The summed E-state index contributed by atoms with van der Waals surface area (Å²) in [7, 11) is 0. The van der Waals surface area contributed by atoms with Crippen molar-refractivity contribution in [1.82, 2.24) is 10.3 Å². The molecule has 0 amide bonds. The van der Waals surface area contributed by atoms with Crippen molar-refractivity contribution in [3.8, 4) is 0 Å². The van der Waals surface area contributed by atoms with E-state index in [4.69, 9.17) is 11.6 Å². The fraction of sp³-hybridized carbons (Fsp3) is 0.500. The molecule has 1 saturated heterocycles. The Balaban J connectivity index is 1.81. The van der Waals surface area contributed by atoms with Gasteiger partial charge in [0.1, 0.15) is 5.15 Å². The second kappa shape index (κ2) is 2.69. The zero-order valence-corrected chi connectivity index (χ0v) is 7.96. The van der Waals surface area contributed by atoms with Crippen molar-refractivity contribution in [3.63, 3.8) is 0 Å². The Morgan fingerprint density at radius 3 is 2.85 bits per heavy atom. The summed E-state index contributed by atoms with van der Waals surface area (Å²) in [5, 5.41) is 4.03. The van der Waals surface area contributed by atoms with Gasteiger partial charge in [0.2, 0.25) is 0 Å². The molecule has 3 atom stereocenters. The third-order valence-electron chi connectivity index (χ3n) is 3.29. The number of nitrogens with one attached hydrogen (secondary N) is 1. The first kappa shape index (κ1) is 7.77. The van der Waals surface area contributed by atoms with Gasteiger partial charge < -0.3 is 5.32 Å². The van der Waals surface area contributed by atoms with Crippen LogP contribution in [0.1, 0.15) is 17.9 Å². The SMILES string of the molecule is Clc1ccc([C@H]2CC3CNC32)cn1. The summed E-state index contributed by atoms with van der Waals surface area (Å²) in [6, 6.07) is 4.70. The van der Waals surface area contributed by atoms with E-state index in [2.05, 4.69) is 16.4 Å². The third-order valence-corrected chi connectivity index (χ3v) is 3.52. The van der Waals surface area contributed by atoms with Gasteiger partial charge in [-0.05, 0) is 30.5 Å². The molecule has 1 saturated carbocycles. The molecule has 3 heteroatoms. The van der Waals surface area contributed by atoms with E-state index >= 15 is 0 Å². The third kappa shape index (κ3) is 1.09. The minimum Gasteiger partial charge on any atom is -0.313 e. The van der Waals surface area contributed by atoms with Gasteiger partial charge >= 0.3 is 0 Å². The van der Waals surface area contributed by atoms with Gasteiger partial charge in [-0.15, -0.1) is 0 Å². The zero-order valence-electron chi connectivity index (χ0n) is 7.20. The summed E-state index contributed by atoms with van der Waals surface area (Å²) in [4.78, 5) is 4.10. The monoisotopic (exact) mass is 194 g/mol. The molecule has 3 rings (SSSR count). The van der Waals surface area contributed by atoms with E-state index in [1.165, 1.54) is 18.5 Å². The van der Waals surface area contributed by atoms with Gasteiger partial charge in [0.15, 0.2) is 0 Å². The Morgan fingerprint density at radius 2 is 2.38 bits per heavy atom. The van der Waals surface area contributed by atoms with Crippen molar-refractivity contribution in [1.29, 1.82) is 0 Å². The van der Waals surface area contributed by atoms with Crippen LogP contribution in [-0.2, 0) is 0 Å². The van der Waals surface area contributed by atoms with Crippen LogP contribution < -0.4 is 5.32 Å². The Labute approximate surface area is 82.3 Å². The number of nitrogens with zero attached hydrogens (tertiary/aromatic N) is 1. The highest BCUT2D eigenvalue weighted by Crippen LogP contribution is 2.45. The molecule has 0 bridgehead atoms. The average Bonchev–Trinajstić information content (AvgIpc) is 2.12. The molecule has 1 N–H and O–H groups in total. The van der Waals surface area contributed by atoms with E-state index < -0.39 is 0 Å². The van der Waals surface area contributed by atoms with Crippen LogP contribution in [0.2, 0.25) is 5.15 Å². The fourth-order valence-corrected chi connectivity index (χ4v) is 2.46. The standard InChI is InChI=1S/C10H11ClN2/c11-9-2-1-6(4-12-9)8-3-7-5-13-10(7)8/h1-2,4,7-8,10,13H,3,5H2/t7?,8-,10?/m1/s1. The number of hydrogen-bond acceptors (Lipinski definition) is 2. The van der Waals surface area contributed by atoms with E-state index in [0.29, 0.717) is 11.1 Å². The molecule has 2 unspecified atom stereocenters. The van der Waals surface area contributed by atoms with E-state index in [1.54, 1.807) is 0 Å². The molecule has 0 spiro atoms. The topological polar surface area (TPSA) is 24.9 Å². The van der Waals surface area contributed by atoms with Crippen LogP contribution in [0, 0.1) is 5.92 Å². The summed E-state index contributed by atoms with van der Waals surface area (Å²) in [6.07, 6.45) is 3.23. The van der Waals surface area contributed by atoms with Crippen LogP contribution in [0.15, 0.2) is 18.3 Å². The maximum Gasteiger partial charge on any atom is 0.129 e. The first-order chi connectivity index (χ1) is 6.34. The van der Waals surface area contributed by atoms with Crippen molar-refractivity contribution in [2.75, 3.05) is 6.54 Å². The molecule has 1 aromatic heterocycles. The largest absolute Gasteiger partial charge is 0.313 e. The highest BCUT2D eigenvalue weighted by atomic mass is 35.5. The van der Waals surface area contributed by atoms with Crippen LogP contribution >= 0.6 is 11.6 Å². The molecular weight excluding hydrogens is 184 g/mol. The lowest BCUT2D eigenvalue weighted by Gasteiger charge is -2.54. The highest BCUT2D eigenvalue weighted by Gasteiger charge is 2.47. The van der Waals surface area contributed by atoms with Crippen molar-refractivity contribution >= 4 is 11.6 Å². The summed E-state index contributed by atoms with van der Waals surface area (Å²) in [6.45, 7) is 1.21. The molecule has 0 radical (unpaired) electrons. The molecule has 2 fully saturated rings. The lowest BCUT2D eigenvalue weighted by molar-refractivity contribution is 0.0765. The van der Waals surface area contributed by atoms with E-state index in [1.807, 2.05) is 12.3 Å². The summed E-state index contributed by atoms with van der Waals surface area (Å²) >= 11 is 5.73. The molecule has 2 heterocycles. The van der Waals surface area contributed by atoms with Gasteiger partial charge in [0, 0.05) is 18.2 Å². The Kier molecular flexibility index (Phi) is 1.61. The Bertz CT molecular complexity index is 322. The maximum atomic E-state index is 5.73. The molecule has 1 aliphatic carbocycles. The highest BCUT2D eigenvalue weighted by molar-refractivity contribution is 6.29. The quantitative estimate of drug-likeness (QED) is 0.690. The predicted octanol–water partition coefficient (Wildman–Crippen LogP) is 1.81. The number of rotatable bonds is 1. The lowest BCUT2D eigenvalue weighted by Crippen LogP contribution is -2.63. The maximum absolute atomic E-state index is 5.73. The Hall–Kier alpha value is -0.600. The predicted molar refractivity (Wildman–Crippen MR) is 51.9 cm³/mol. The molecule has 2 nitrogen and oxygen atoms in total. The average molecular weight is 195 g/mol. The number of pyridine rings is 1. The van der Waals surface area contributed by atoms with Gasteiger partial charge in [-0.3, -0.25) is 0 Å². The van der Waals surface area contributed by atoms with Gasteiger partial charge in [-0.2, -0.15) is 0 Å². The zero-order chi connectivity index (χ0) is 8.84. The van der Waals surface area contributed by atoms with E-state index in [9.17, 15) is 0 Å². The second-order valence-corrected chi connectivity index (χ2v) is 4.34. The van der Waals surface area contributed by atoms with Gasteiger partial charge in [0.25, 0.3) is 0 Å². The van der Waals surface area contributed by atoms with Crippen molar-refractivity contribution in [2.24, 2.45) is 5.92 Å². The lowest BCUT2D eigenvalue weighted by atomic mass is 9.62. The number of piperidine rings is 1. The molecule has 2 aliphatic rings.